The number of carbonyl (C=O) groups is 1. The van der Waals surface area contributed by atoms with E-state index in [4.69, 9.17) is 11.6 Å². The molecule has 1 heterocycles. The highest BCUT2D eigenvalue weighted by molar-refractivity contribution is 7.85. The fourth-order valence-corrected chi connectivity index (χ4v) is 5.26. The molecule has 0 radical (unpaired) electrons. The van der Waals surface area contributed by atoms with E-state index in [1.165, 1.54) is 6.07 Å². The summed E-state index contributed by atoms with van der Waals surface area (Å²) in [6, 6.07) is 8.81. The zero-order valence-corrected chi connectivity index (χ0v) is 21.7. The Morgan fingerprint density at radius 1 is 1.11 bits per heavy atom. The number of piperazine rings is 1. The Bertz CT molecular complexity index is 1070. The van der Waals surface area contributed by atoms with Crippen molar-refractivity contribution in [3.63, 3.8) is 0 Å². The highest BCUT2D eigenvalue weighted by Gasteiger charge is 2.32. The van der Waals surface area contributed by atoms with Crippen LogP contribution in [0.15, 0.2) is 41.3 Å². The van der Waals surface area contributed by atoms with E-state index in [1.807, 2.05) is 0 Å². The summed E-state index contributed by atoms with van der Waals surface area (Å²) in [5.41, 5.74) is 0.104. The zero-order chi connectivity index (χ0) is 25.8. The Balaban J connectivity index is 1.78. The number of halogens is 4. The quantitative estimate of drug-likeness (QED) is 0.526. The van der Waals surface area contributed by atoms with Crippen LogP contribution in [0, 0.1) is 0 Å². The van der Waals surface area contributed by atoms with Gasteiger partial charge in [0, 0.05) is 66.5 Å². The number of carbonyl (C=O) groups excluding carboxylic acids is 1. The Kier molecular flexibility index (Phi) is 9.37. The normalized spacial score (nSPS) is 16.5. The molecule has 1 aliphatic rings. The first-order valence-electron chi connectivity index (χ1n) is 11.6. The van der Waals surface area contributed by atoms with Gasteiger partial charge < -0.3 is 5.32 Å². The lowest BCUT2D eigenvalue weighted by Crippen LogP contribution is -2.48. The van der Waals surface area contributed by atoms with Crippen molar-refractivity contribution in [1.82, 2.24) is 15.1 Å². The Labute approximate surface area is 212 Å². The molecule has 0 saturated carbocycles. The van der Waals surface area contributed by atoms with Crippen LogP contribution >= 0.6 is 11.6 Å². The molecule has 1 fully saturated rings. The van der Waals surface area contributed by atoms with Gasteiger partial charge in [-0.2, -0.15) is 13.2 Å². The first-order chi connectivity index (χ1) is 16.5. The molecule has 1 aliphatic heterocycles. The minimum Gasteiger partial charge on any atom is -0.348 e. The largest absolute Gasteiger partial charge is 0.416 e. The minimum absolute atomic E-state index is 0.00318. The summed E-state index contributed by atoms with van der Waals surface area (Å²) in [7, 11) is -1.27. The van der Waals surface area contributed by atoms with Crippen LogP contribution in [0.3, 0.4) is 0 Å². The third-order valence-electron chi connectivity index (χ3n) is 6.10. The molecule has 35 heavy (non-hydrogen) atoms. The van der Waals surface area contributed by atoms with Crippen molar-refractivity contribution in [1.29, 1.82) is 0 Å². The second-order valence-corrected chi connectivity index (χ2v) is 11.0. The molecular weight excluding hydrogens is 499 g/mol. The van der Waals surface area contributed by atoms with E-state index >= 15 is 0 Å². The second kappa shape index (κ2) is 11.9. The van der Waals surface area contributed by atoms with Crippen molar-refractivity contribution in [2.45, 2.75) is 51.0 Å². The van der Waals surface area contributed by atoms with Gasteiger partial charge in [-0.05, 0) is 61.4 Å². The summed E-state index contributed by atoms with van der Waals surface area (Å²) < 4.78 is 53.1. The van der Waals surface area contributed by atoms with Crippen LogP contribution in [0.5, 0.6) is 0 Å². The molecule has 0 bridgehead atoms. The monoisotopic (exact) mass is 529 g/mol. The molecule has 1 amide bonds. The summed E-state index contributed by atoms with van der Waals surface area (Å²) in [4.78, 5) is 17.9. The fourth-order valence-electron chi connectivity index (χ4n) is 4.12. The van der Waals surface area contributed by atoms with Gasteiger partial charge in [-0.15, -0.1) is 0 Å². The van der Waals surface area contributed by atoms with Gasteiger partial charge in [-0.1, -0.05) is 18.5 Å². The summed E-state index contributed by atoms with van der Waals surface area (Å²) in [6.07, 6.45) is -4.57. The van der Waals surface area contributed by atoms with Gasteiger partial charge in [0.1, 0.15) is 0 Å². The highest BCUT2D eigenvalue weighted by Crippen LogP contribution is 2.31. The van der Waals surface area contributed by atoms with E-state index in [1.54, 1.807) is 25.1 Å². The predicted molar refractivity (Wildman–Crippen MR) is 133 cm³/mol. The van der Waals surface area contributed by atoms with Crippen LogP contribution in [-0.4, -0.2) is 57.9 Å². The topological polar surface area (TPSA) is 52.7 Å². The van der Waals surface area contributed by atoms with E-state index in [0.717, 1.165) is 38.3 Å². The summed E-state index contributed by atoms with van der Waals surface area (Å²) in [5.74, 6) is -0.236. The molecule has 5 nitrogen and oxygen atoms in total. The molecule has 0 spiro atoms. The summed E-state index contributed by atoms with van der Waals surface area (Å²) >= 11 is 6.06. The molecule has 3 rings (SSSR count). The molecule has 1 saturated heterocycles. The van der Waals surface area contributed by atoms with Gasteiger partial charge in [0.25, 0.3) is 5.91 Å². The SMILES string of the molecule is CCS(=O)c1ccc(Cl)cc1CNC(=O)c1cc(CN2CCN(C(C)C)CC2)cc(C(F)(F)F)c1. The molecule has 1 atom stereocenters. The van der Waals surface area contributed by atoms with E-state index in [-0.39, 0.29) is 12.1 Å². The number of hydrogen-bond acceptors (Lipinski definition) is 4. The molecule has 0 aliphatic carbocycles. The van der Waals surface area contributed by atoms with Crippen molar-refractivity contribution in [2.24, 2.45) is 0 Å². The molecular formula is C25H31ClF3N3O2S. The Morgan fingerprint density at radius 2 is 1.80 bits per heavy atom. The van der Waals surface area contributed by atoms with Crippen molar-refractivity contribution >= 4 is 28.3 Å². The number of nitrogens with zero attached hydrogens (tertiary/aromatic N) is 2. The van der Waals surface area contributed by atoms with Gasteiger partial charge in [0.15, 0.2) is 0 Å². The van der Waals surface area contributed by atoms with E-state index in [0.29, 0.717) is 39.4 Å². The van der Waals surface area contributed by atoms with Crippen molar-refractivity contribution in [2.75, 3.05) is 31.9 Å². The molecule has 1 N–H and O–H groups in total. The predicted octanol–water partition coefficient (Wildman–Crippen LogP) is 4.94. The number of nitrogens with one attached hydrogen (secondary N) is 1. The van der Waals surface area contributed by atoms with Gasteiger partial charge in [-0.25, -0.2) is 0 Å². The van der Waals surface area contributed by atoms with Gasteiger partial charge in [0.05, 0.1) is 16.4 Å². The van der Waals surface area contributed by atoms with Crippen molar-refractivity contribution < 1.29 is 22.2 Å². The third kappa shape index (κ3) is 7.52. The molecule has 2 aromatic rings. The Hall–Kier alpha value is -1.94. The molecule has 10 heteroatoms. The standard InChI is InChI=1S/C25H31ClF3N3O2S/c1-4-35(34)23-6-5-22(26)14-20(23)15-30-24(33)19-11-18(12-21(13-19)25(27,28)29)16-31-7-9-32(10-8-31)17(2)3/h5-6,11-14,17H,4,7-10,15-16H2,1-3H3,(H,30,33). The molecule has 1 unspecified atom stereocenters. The van der Waals surface area contributed by atoms with Crippen LogP contribution in [-0.2, 0) is 30.1 Å². The van der Waals surface area contributed by atoms with Crippen LogP contribution in [0.1, 0.15) is 47.8 Å². The summed E-state index contributed by atoms with van der Waals surface area (Å²) in [6.45, 7) is 9.58. The van der Waals surface area contributed by atoms with Crippen LogP contribution in [0.2, 0.25) is 5.02 Å². The fraction of sp³-hybridized carbons (Fsp3) is 0.480. The number of rotatable bonds is 8. The van der Waals surface area contributed by atoms with E-state index in [9.17, 15) is 22.2 Å². The van der Waals surface area contributed by atoms with E-state index < -0.39 is 28.4 Å². The first-order valence-corrected chi connectivity index (χ1v) is 13.3. The minimum atomic E-state index is -4.57. The zero-order valence-electron chi connectivity index (χ0n) is 20.1. The highest BCUT2D eigenvalue weighted by atomic mass is 35.5. The van der Waals surface area contributed by atoms with Crippen LogP contribution < -0.4 is 5.32 Å². The smallest absolute Gasteiger partial charge is 0.348 e. The number of hydrogen-bond donors (Lipinski definition) is 1. The third-order valence-corrected chi connectivity index (χ3v) is 7.74. The second-order valence-electron chi connectivity index (χ2n) is 8.89. The number of alkyl halides is 3. The number of amides is 1. The maximum atomic E-state index is 13.6. The Morgan fingerprint density at radius 3 is 2.40 bits per heavy atom. The van der Waals surface area contributed by atoms with Gasteiger partial charge >= 0.3 is 6.18 Å². The molecule has 0 aromatic heterocycles. The average Bonchev–Trinajstić information content (AvgIpc) is 2.81. The van der Waals surface area contributed by atoms with Crippen molar-refractivity contribution in [3.05, 3.63) is 63.7 Å². The van der Waals surface area contributed by atoms with Gasteiger partial charge in [0.2, 0.25) is 0 Å². The first kappa shape index (κ1) is 27.6. The lowest BCUT2D eigenvalue weighted by atomic mass is 10.0. The van der Waals surface area contributed by atoms with Crippen molar-refractivity contribution in [3.8, 4) is 0 Å². The maximum Gasteiger partial charge on any atom is 0.416 e. The lowest BCUT2D eigenvalue weighted by Gasteiger charge is -2.37. The molecule has 2 aromatic carbocycles. The maximum absolute atomic E-state index is 13.6. The average molecular weight is 530 g/mol. The summed E-state index contributed by atoms with van der Waals surface area (Å²) in [5, 5.41) is 3.09. The molecule has 192 valence electrons. The number of benzene rings is 2. The lowest BCUT2D eigenvalue weighted by molar-refractivity contribution is -0.137. The van der Waals surface area contributed by atoms with Gasteiger partial charge in [-0.3, -0.25) is 18.8 Å². The van der Waals surface area contributed by atoms with Crippen LogP contribution in [0.25, 0.3) is 0 Å². The van der Waals surface area contributed by atoms with Crippen LogP contribution in [0.4, 0.5) is 13.2 Å². The van der Waals surface area contributed by atoms with E-state index in [2.05, 4.69) is 29.0 Å².